The zero-order valence-electron chi connectivity index (χ0n) is 9.05. The van der Waals surface area contributed by atoms with E-state index in [-0.39, 0.29) is 11.2 Å². The van der Waals surface area contributed by atoms with Crippen LogP contribution in [0.15, 0.2) is 30.5 Å². The summed E-state index contributed by atoms with van der Waals surface area (Å²) in [5.41, 5.74) is 5.98. The van der Waals surface area contributed by atoms with Crippen LogP contribution < -0.4 is 15.2 Å². The zero-order chi connectivity index (χ0) is 12.3. The summed E-state index contributed by atoms with van der Waals surface area (Å²) < 4.78 is 10.6. The Labute approximate surface area is 103 Å². The third kappa shape index (κ3) is 2.76. The molecule has 0 saturated carbocycles. The van der Waals surface area contributed by atoms with Crippen LogP contribution in [0.4, 0.5) is 5.69 Å². The summed E-state index contributed by atoms with van der Waals surface area (Å²) in [5.74, 6) is 1.46. The molecule has 0 aliphatic heterocycles. The van der Waals surface area contributed by atoms with E-state index in [4.69, 9.17) is 26.8 Å². The Hall–Kier alpha value is -2.01. The lowest BCUT2D eigenvalue weighted by molar-refractivity contribution is 0.407. The molecule has 0 spiro atoms. The molecule has 88 valence electrons. The van der Waals surface area contributed by atoms with E-state index in [0.717, 1.165) is 0 Å². The van der Waals surface area contributed by atoms with Gasteiger partial charge < -0.3 is 15.2 Å². The van der Waals surface area contributed by atoms with Crippen molar-refractivity contribution in [2.24, 2.45) is 0 Å². The van der Waals surface area contributed by atoms with Gasteiger partial charge in [-0.2, -0.15) is 4.98 Å². The normalized spacial score (nSPS) is 10.0. The second kappa shape index (κ2) is 4.88. The molecule has 2 rings (SSSR count). The van der Waals surface area contributed by atoms with Gasteiger partial charge >= 0.3 is 0 Å². The van der Waals surface area contributed by atoms with Crippen molar-refractivity contribution in [3.63, 3.8) is 0 Å². The minimum atomic E-state index is 0.0806. The largest absolute Gasteiger partial charge is 0.497 e. The molecule has 0 atom stereocenters. The first kappa shape index (κ1) is 11.5. The average molecular weight is 252 g/mol. The first-order chi connectivity index (χ1) is 8.19. The van der Waals surface area contributed by atoms with Crippen molar-refractivity contribution >= 4 is 17.3 Å². The first-order valence-corrected chi connectivity index (χ1v) is 5.17. The minimum Gasteiger partial charge on any atom is -0.497 e. The van der Waals surface area contributed by atoms with Crippen molar-refractivity contribution in [3.05, 3.63) is 35.7 Å². The third-order valence-corrected chi connectivity index (χ3v) is 2.19. The van der Waals surface area contributed by atoms with E-state index in [1.807, 2.05) is 6.07 Å². The lowest BCUT2D eigenvalue weighted by atomic mass is 10.3. The summed E-state index contributed by atoms with van der Waals surface area (Å²) in [4.78, 5) is 7.63. The van der Waals surface area contributed by atoms with Crippen LogP contribution in [0.25, 0.3) is 0 Å². The predicted octanol–water partition coefficient (Wildman–Crippen LogP) is 2.51. The van der Waals surface area contributed by atoms with Crippen LogP contribution in [0, 0.1) is 0 Å². The molecule has 2 N–H and O–H groups in total. The van der Waals surface area contributed by atoms with Gasteiger partial charge in [-0.25, -0.2) is 4.98 Å². The number of methoxy groups -OCH3 is 1. The first-order valence-electron chi connectivity index (χ1n) is 4.79. The molecule has 0 amide bonds. The van der Waals surface area contributed by atoms with Gasteiger partial charge in [-0.1, -0.05) is 6.07 Å². The fraction of sp³-hybridized carbons (Fsp3) is 0.0909. The molecular weight excluding hydrogens is 242 g/mol. The van der Waals surface area contributed by atoms with Crippen LogP contribution in [0.5, 0.6) is 17.4 Å². The highest BCUT2D eigenvalue weighted by molar-refractivity contribution is 6.28. The predicted molar refractivity (Wildman–Crippen MR) is 64.5 cm³/mol. The van der Waals surface area contributed by atoms with Gasteiger partial charge in [0.15, 0.2) is 0 Å². The van der Waals surface area contributed by atoms with Gasteiger partial charge in [0, 0.05) is 6.07 Å². The Balaban J connectivity index is 2.27. The standard InChI is InChI=1S/C11H10ClN3O2/c1-16-7-3-2-4-8(5-7)17-10-9(13)6-14-11(12)15-10/h2-6H,13H2,1H3. The monoisotopic (exact) mass is 251 g/mol. The molecule has 0 aliphatic carbocycles. The SMILES string of the molecule is COc1cccc(Oc2nc(Cl)ncc2N)c1. The number of nitrogens with zero attached hydrogens (tertiary/aromatic N) is 2. The fourth-order valence-corrected chi connectivity index (χ4v) is 1.34. The quantitative estimate of drug-likeness (QED) is 0.849. The van der Waals surface area contributed by atoms with E-state index < -0.39 is 0 Å². The highest BCUT2D eigenvalue weighted by Gasteiger charge is 2.06. The lowest BCUT2D eigenvalue weighted by Crippen LogP contribution is -1.97. The maximum Gasteiger partial charge on any atom is 0.247 e. The van der Waals surface area contributed by atoms with Gasteiger partial charge in [-0.3, -0.25) is 0 Å². The maximum atomic E-state index is 5.67. The topological polar surface area (TPSA) is 70.3 Å². The molecular formula is C11H10ClN3O2. The molecule has 0 fully saturated rings. The number of ether oxygens (including phenoxy) is 2. The van der Waals surface area contributed by atoms with Gasteiger partial charge in [0.25, 0.3) is 0 Å². The smallest absolute Gasteiger partial charge is 0.247 e. The van der Waals surface area contributed by atoms with Gasteiger partial charge in [-0.05, 0) is 23.7 Å². The molecule has 0 bridgehead atoms. The van der Waals surface area contributed by atoms with E-state index in [1.54, 1.807) is 25.3 Å². The molecule has 6 heteroatoms. The molecule has 0 aliphatic rings. The molecule has 0 unspecified atom stereocenters. The van der Waals surface area contributed by atoms with Gasteiger partial charge in [-0.15, -0.1) is 0 Å². The molecule has 1 heterocycles. The Morgan fingerprint density at radius 3 is 2.82 bits per heavy atom. The number of nitrogen functional groups attached to an aromatic ring is 1. The van der Waals surface area contributed by atoms with Crippen LogP contribution in [0.1, 0.15) is 0 Å². The van der Waals surface area contributed by atoms with Gasteiger partial charge in [0.05, 0.1) is 13.3 Å². The van der Waals surface area contributed by atoms with Crippen molar-refractivity contribution in [1.29, 1.82) is 0 Å². The highest BCUT2D eigenvalue weighted by Crippen LogP contribution is 2.27. The van der Waals surface area contributed by atoms with Crippen molar-refractivity contribution in [3.8, 4) is 17.4 Å². The second-order valence-corrected chi connectivity index (χ2v) is 3.52. The van der Waals surface area contributed by atoms with Crippen LogP contribution in [-0.4, -0.2) is 17.1 Å². The van der Waals surface area contributed by atoms with Crippen molar-refractivity contribution < 1.29 is 9.47 Å². The van der Waals surface area contributed by atoms with Crippen molar-refractivity contribution in [2.45, 2.75) is 0 Å². The fourth-order valence-electron chi connectivity index (χ4n) is 1.21. The number of hydrogen-bond donors (Lipinski definition) is 1. The molecule has 5 nitrogen and oxygen atoms in total. The summed E-state index contributed by atoms with van der Waals surface area (Å²) in [7, 11) is 1.58. The minimum absolute atomic E-state index is 0.0806. The van der Waals surface area contributed by atoms with Crippen molar-refractivity contribution in [1.82, 2.24) is 9.97 Å². The molecule has 0 saturated heterocycles. The molecule has 2 aromatic rings. The summed E-state index contributed by atoms with van der Waals surface area (Å²) in [6, 6.07) is 7.09. The number of rotatable bonds is 3. The van der Waals surface area contributed by atoms with Gasteiger partial charge in [0.2, 0.25) is 11.2 Å². The number of anilines is 1. The lowest BCUT2D eigenvalue weighted by Gasteiger charge is -2.08. The number of nitrogens with two attached hydrogens (primary N) is 1. The van der Waals surface area contributed by atoms with Gasteiger partial charge in [0.1, 0.15) is 17.2 Å². The summed E-state index contributed by atoms with van der Waals surface area (Å²) in [5, 5.41) is 0.0806. The summed E-state index contributed by atoms with van der Waals surface area (Å²) >= 11 is 5.66. The summed E-state index contributed by atoms with van der Waals surface area (Å²) in [6.07, 6.45) is 1.39. The third-order valence-electron chi connectivity index (χ3n) is 2.01. The Morgan fingerprint density at radius 2 is 2.06 bits per heavy atom. The Morgan fingerprint density at radius 1 is 1.29 bits per heavy atom. The van der Waals surface area contributed by atoms with Crippen LogP contribution >= 0.6 is 11.6 Å². The van der Waals surface area contributed by atoms with Crippen LogP contribution in [0.3, 0.4) is 0 Å². The van der Waals surface area contributed by atoms with E-state index in [2.05, 4.69) is 9.97 Å². The molecule has 1 aromatic heterocycles. The second-order valence-electron chi connectivity index (χ2n) is 3.18. The van der Waals surface area contributed by atoms with Crippen molar-refractivity contribution in [2.75, 3.05) is 12.8 Å². The Kier molecular flexibility index (Phi) is 3.30. The Bertz CT molecular complexity index is 534. The van der Waals surface area contributed by atoms with E-state index in [0.29, 0.717) is 17.2 Å². The van der Waals surface area contributed by atoms with Crippen LogP contribution in [0.2, 0.25) is 5.28 Å². The maximum absolute atomic E-state index is 5.67. The van der Waals surface area contributed by atoms with E-state index >= 15 is 0 Å². The number of aromatic nitrogens is 2. The number of halogens is 1. The van der Waals surface area contributed by atoms with Crippen LogP contribution in [-0.2, 0) is 0 Å². The van der Waals surface area contributed by atoms with E-state index in [1.165, 1.54) is 6.20 Å². The number of benzene rings is 1. The molecule has 0 radical (unpaired) electrons. The molecule has 17 heavy (non-hydrogen) atoms. The summed E-state index contributed by atoms with van der Waals surface area (Å²) in [6.45, 7) is 0. The number of hydrogen-bond acceptors (Lipinski definition) is 5. The average Bonchev–Trinajstić information content (AvgIpc) is 2.34. The highest BCUT2D eigenvalue weighted by atomic mass is 35.5. The molecule has 1 aromatic carbocycles. The van der Waals surface area contributed by atoms with E-state index in [9.17, 15) is 0 Å². The zero-order valence-corrected chi connectivity index (χ0v) is 9.81.